The number of hydrogen-bond donors (Lipinski definition) is 0. The highest BCUT2D eigenvalue weighted by molar-refractivity contribution is 5.65. The second-order valence-corrected chi connectivity index (χ2v) is 6.30. The second kappa shape index (κ2) is 6.41. The lowest BCUT2D eigenvalue weighted by Crippen LogP contribution is -2.05. The molecule has 0 aliphatic heterocycles. The summed E-state index contributed by atoms with van der Waals surface area (Å²) >= 11 is 0. The summed E-state index contributed by atoms with van der Waals surface area (Å²) < 4.78 is 2.18. The van der Waals surface area contributed by atoms with Crippen LogP contribution in [0.25, 0.3) is 16.9 Å². The SMILES string of the molecule is c1ccc(-c2nn(-c3ccccc3)c3c2CCCCCC3)cc1. The fourth-order valence-electron chi connectivity index (χ4n) is 3.56. The Hall–Kier alpha value is -2.35. The number of aromatic nitrogens is 2. The van der Waals surface area contributed by atoms with E-state index in [1.165, 1.54) is 53.9 Å². The molecule has 1 heterocycles. The molecule has 0 fully saturated rings. The smallest absolute Gasteiger partial charge is 0.0962 e. The fourth-order valence-corrected chi connectivity index (χ4v) is 3.56. The Morgan fingerprint density at radius 2 is 1.35 bits per heavy atom. The predicted octanol–water partition coefficient (Wildman–Crippen LogP) is 5.20. The van der Waals surface area contributed by atoms with Crippen LogP contribution in [0.15, 0.2) is 60.7 Å². The van der Waals surface area contributed by atoms with Crippen LogP contribution >= 0.6 is 0 Å². The third-order valence-corrected chi connectivity index (χ3v) is 4.73. The quantitative estimate of drug-likeness (QED) is 0.636. The number of rotatable bonds is 2. The average molecular weight is 302 g/mol. The largest absolute Gasteiger partial charge is 0.237 e. The van der Waals surface area contributed by atoms with Crippen LogP contribution in [0.4, 0.5) is 0 Å². The molecule has 1 aliphatic carbocycles. The minimum Gasteiger partial charge on any atom is -0.237 e. The number of para-hydroxylation sites is 1. The van der Waals surface area contributed by atoms with E-state index in [4.69, 9.17) is 5.10 Å². The van der Waals surface area contributed by atoms with Gasteiger partial charge in [-0.2, -0.15) is 5.10 Å². The summed E-state index contributed by atoms with van der Waals surface area (Å²) in [6, 6.07) is 21.2. The van der Waals surface area contributed by atoms with Crippen molar-refractivity contribution in [3.05, 3.63) is 71.9 Å². The van der Waals surface area contributed by atoms with Gasteiger partial charge in [0.1, 0.15) is 0 Å². The van der Waals surface area contributed by atoms with E-state index < -0.39 is 0 Å². The molecule has 0 atom stereocenters. The number of hydrogen-bond acceptors (Lipinski definition) is 1. The summed E-state index contributed by atoms with van der Waals surface area (Å²) in [6.07, 6.45) is 7.48. The van der Waals surface area contributed by atoms with Crippen molar-refractivity contribution in [2.45, 2.75) is 38.5 Å². The van der Waals surface area contributed by atoms with Crippen molar-refractivity contribution in [3.8, 4) is 16.9 Å². The van der Waals surface area contributed by atoms with Crippen LogP contribution in [-0.4, -0.2) is 9.78 Å². The Kier molecular flexibility index (Phi) is 3.97. The Bertz CT molecular complexity index is 706. The molecule has 2 nitrogen and oxygen atoms in total. The van der Waals surface area contributed by atoms with Gasteiger partial charge in [0.05, 0.1) is 11.4 Å². The molecule has 3 aromatic rings. The van der Waals surface area contributed by atoms with E-state index in [0.717, 1.165) is 12.8 Å². The van der Waals surface area contributed by atoms with Crippen molar-refractivity contribution < 1.29 is 0 Å². The summed E-state index contributed by atoms with van der Waals surface area (Å²) in [5.41, 5.74) is 6.45. The molecule has 0 amide bonds. The maximum Gasteiger partial charge on any atom is 0.0962 e. The van der Waals surface area contributed by atoms with Crippen LogP contribution < -0.4 is 0 Å². The van der Waals surface area contributed by atoms with E-state index in [0.29, 0.717) is 0 Å². The molecular weight excluding hydrogens is 280 g/mol. The first-order valence-corrected chi connectivity index (χ1v) is 8.65. The fraction of sp³-hybridized carbons (Fsp3) is 0.286. The van der Waals surface area contributed by atoms with Gasteiger partial charge in [0.25, 0.3) is 0 Å². The van der Waals surface area contributed by atoms with Gasteiger partial charge < -0.3 is 0 Å². The van der Waals surface area contributed by atoms with Crippen LogP contribution in [0, 0.1) is 0 Å². The molecule has 4 rings (SSSR count). The van der Waals surface area contributed by atoms with E-state index in [-0.39, 0.29) is 0 Å². The highest BCUT2D eigenvalue weighted by Crippen LogP contribution is 2.31. The summed E-state index contributed by atoms with van der Waals surface area (Å²) in [7, 11) is 0. The zero-order valence-electron chi connectivity index (χ0n) is 13.4. The first-order chi connectivity index (χ1) is 11.4. The Morgan fingerprint density at radius 3 is 2.09 bits per heavy atom. The third kappa shape index (κ3) is 2.81. The van der Waals surface area contributed by atoms with Crippen molar-refractivity contribution in [2.75, 3.05) is 0 Å². The van der Waals surface area contributed by atoms with Gasteiger partial charge in [0.2, 0.25) is 0 Å². The van der Waals surface area contributed by atoms with Crippen LogP contribution in [0.5, 0.6) is 0 Å². The van der Waals surface area contributed by atoms with Gasteiger partial charge in [-0.1, -0.05) is 61.4 Å². The van der Waals surface area contributed by atoms with Crippen molar-refractivity contribution in [1.82, 2.24) is 9.78 Å². The predicted molar refractivity (Wildman–Crippen MR) is 94.9 cm³/mol. The maximum atomic E-state index is 5.03. The van der Waals surface area contributed by atoms with Crippen molar-refractivity contribution in [2.24, 2.45) is 0 Å². The zero-order chi connectivity index (χ0) is 15.5. The highest BCUT2D eigenvalue weighted by atomic mass is 15.3. The molecule has 23 heavy (non-hydrogen) atoms. The Morgan fingerprint density at radius 1 is 0.696 bits per heavy atom. The van der Waals surface area contributed by atoms with Gasteiger partial charge in [-0.3, -0.25) is 0 Å². The molecule has 0 saturated heterocycles. The molecule has 2 heteroatoms. The molecule has 0 N–H and O–H groups in total. The topological polar surface area (TPSA) is 17.8 Å². The lowest BCUT2D eigenvalue weighted by molar-refractivity contribution is 0.603. The van der Waals surface area contributed by atoms with Crippen molar-refractivity contribution in [3.63, 3.8) is 0 Å². The average Bonchev–Trinajstić information content (AvgIpc) is 2.94. The van der Waals surface area contributed by atoms with Gasteiger partial charge in [0.15, 0.2) is 0 Å². The minimum atomic E-state index is 1.13. The maximum absolute atomic E-state index is 5.03. The summed E-state index contributed by atoms with van der Waals surface area (Å²) in [4.78, 5) is 0. The zero-order valence-corrected chi connectivity index (χ0v) is 13.4. The monoisotopic (exact) mass is 302 g/mol. The van der Waals surface area contributed by atoms with E-state index in [2.05, 4.69) is 65.3 Å². The van der Waals surface area contributed by atoms with Gasteiger partial charge >= 0.3 is 0 Å². The van der Waals surface area contributed by atoms with Gasteiger partial charge in [-0.25, -0.2) is 4.68 Å². The summed E-state index contributed by atoms with van der Waals surface area (Å²) in [6.45, 7) is 0. The van der Waals surface area contributed by atoms with Crippen molar-refractivity contribution in [1.29, 1.82) is 0 Å². The normalized spacial score (nSPS) is 14.8. The first-order valence-electron chi connectivity index (χ1n) is 8.65. The molecule has 0 unspecified atom stereocenters. The van der Waals surface area contributed by atoms with Crippen LogP contribution in [0.3, 0.4) is 0 Å². The van der Waals surface area contributed by atoms with Crippen molar-refractivity contribution >= 4 is 0 Å². The molecule has 0 bridgehead atoms. The van der Waals surface area contributed by atoms with Gasteiger partial charge in [0, 0.05) is 16.8 Å². The molecule has 0 saturated carbocycles. The number of benzene rings is 2. The third-order valence-electron chi connectivity index (χ3n) is 4.73. The molecule has 1 aromatic heterocycles. The lowest BCUT2D eigenvalue weighted by atomic mass is 9.94. The second-order valence-electron chi connectivity index (χ2n) is 6.30. The van der Waals surface area contributed by atoms with E-state index >= 15 is 0 Å². The minimum absolute atomic E-state index is 1.13. The number of fused-ring (bicyclic) bond motifs is 1. The van der Waals surface area contributed by atoms with Crippen LogP contribution in [0.2, 0.25) is 0 Å². The Balaban J connectivity index is 1.90. The molecule has 116 valence electrons. The van der Waals surface area contributed by atoms with Crippen LogP contribution in [0.1, 0.15) is 36.9 Å². The Labute approximate surface area is 137 Å². The molecular formula is C21H22N2. The number of nitrogens with zero attached hydrogens (tertiary/aromatic N) is 2. The molecule has 1 aliphatic rings. The first kappa shape index (κ1) is 14.3. The van der Waals surface area contributed by atoms with Gasteiger partial charge in [-0.15, -0.1) is 0 Å². The molecule has 0 radical (unpaired) electrons. The standard InChI is InChI=1S/C21H22N2/c1-2-10-16-20-19(15-9-1)21(17-11-5-3-6-12-17)22-23(20)18-13-7-4-8-14-18/h3-8,11-14H,1-2,9-10,15-16H2. The van der Waals surface area contributed by atoms with Gasteiger partial charge in [-0.05, 0) is 37.8 Å². The summed E-state index contributed by atoms with van der Waals surface area (Å²) in [5, 5.41) is 5.03. The van der Waals surface area contributed by atoms with E-state index in [9.17, 15) is 0 Å². The molecule has 0 spiro atoms. The summed E-state index contributed by atoms with van der Waals surface area (Å²) in [5.74, 6) is 0. The molecule has 2 aromatic carbocycles. The van der Waals surface area contributed by atoms with E-state index in [1.54, 1.807) is 0 Å². The lowest BCUT2D eigenvalue weighted by Gasteiger charge is -2.13. The van der Waals surface area contributed by atoms with Crippen LogP contribution in [-0.2, 0) is 12.8 Å². The highest BCUT2D eigenvalue weighted by Gasteiger charge is 2.20. The van der Waals surface area contributed by atoms with E-state index in [1.807, 2.05) is 0 Å².